The maximum absolute atomic E-state index is 13.2. The summed E-state index contributed by atoms with van der Waals surface area (Å²) < 4.78 is 13.2. The fraction of sp³-hybridized carbons (Fsp3) is 0.391. The number of carboxylic acids is 1. The molecule has 6 heteroatoms. The summed E-state index contributed by atoms with van der Waals surface area (Å²) in [4.78, 5) is 23.6. The van der Waals surface area contributed by atoms with Gasteiger partial charge >= 0.3 is 5.97 Å². The quantitative estimate of drug-likeness (QED) is 0.592. The zero-order chi connectivity index (χ0) is 22.0. The van der Waals surface area contributed by atoms with Crippen LogP contribution >= 0.6 is 11.6 Å². The Hall–Kier alpha value is -2.40. The number of amides is 1. The number of carbonyl (C=O) groups excluding carboxylic acids is 1. The van der Waals surface area contributed by atoms with Gasteiger partial charge in [-0.25, -0.2) is 4.39 Å². The van der Waals surface area contributed by atoms with Crippen LogP contribution in [0.1, 0.15) is 62.9 Å². The Morgan fingerprint density at radius 2 is 1.69 bits per heavy atom. The first-order valence-corrected chi connectivity index (χ1v) is 10.2. The lowest BCUT2D eigenvalue weighted by molar-refractivity contribution is -0.150. The first kappa shape index (κ1) is 24.6. The van der Waals surface area contributed by atoms with E-state index in [1.54, 1.807) is 48.5 Å². The number of alkyl halides is 1. The molecule has 3 rings (SSSR count). The Kier molecular flexibility index (Phi) is 9.83. The van der Waals surface area contributed by atoms with Crippen LogP contribution in [0.25, 0.3) is 0 Å². The van der Waals surface area contributed by atoms with Gasteiger partial charge in [0.2, 0.25) is 0 Å². The number of halogens is 2. The van der Waals surface area contributed by atoms with Crippen LogP contribution < -0.4 is 5.32 Å². The molecule has 4 nitrogen and oxygen atoms in total. The van der Waals surface area contributed by atoms with Crippen LogP contribution in [0.4, 0.5) is 10.1 Å². The van der Waals surface area contributed by atoms with Gasteiger partial charge in [-0.05, 0) is 48.7 Å². The summed E-state index contributed by atoms with van der Waals surface area (Å²) in [6.45, 7) is 8.25. The Bertz CT molecular complexity index is 802. The van der Waals surface area contributed by atoms with Gasteiger partial charge in [-0.15, -0.1) is 0 Å². The number of aliphatic carboxylic acids is 1. The van der Waals surface area contributed by atoms with Crippen LogP contribution in [0, 0.1) is 0 Å². The maximum atomic E-state index is 13.2. The third-order valence-electron chi connectivity index (χ3n) is 4.33. The third kappa shape index (κ3) is 6.29. The standard InChI is InChI=1S/C18H15ClFNO3.C3H8.C2H6/c19-13-3-1-2-11(8-13)16(22)21-15-6-4-12(5-7-15)18(17(23)24)9-14(20)10-18;1-3-2;1-2/h1-8,14H,9-10H2,(H,21,22)(H,23,24);3H2,1-2H3;1-2H3. The van der Waals surface area contributed by atoms with Gasteiger partial charge in [-0.2, -0.15) is 0 Å². The smallest absolute Gasteiger partial charge is 0.314 e. The number of hydrogen-bond donors (Lipinski definition) is 2. The molecule has 2 N–H and O–H groups in total. The molecule has 29 heavy (non-hydrogen) atoms. The lowest BCUT2D eigenvalue weighted by Gasteiger charge is -2.40. The largest absolute Gasteiger partial charge is 0.481 e. The minimum atomic E-state index is -1.16. The molecule has 0 aromatic heterocycles. The molecular formula is C23H29ClFNO3. The summed E-state index contributed by atoms with van der Waals surface area (Å²) >= 11 is 5.86. The maximum Gasteiger partial charge on any atom is 0.314 e. The number of nitrogens with one attached hydrogen (secondary N) is 1. The van der Waals surface area contributed by atoms with Crippen LogP contribution in [0.2, 0.25) is 5.02 Å². The SMILES string of the molecule is CC.CCC.O=C(Nc1ccc(C2(C(=O)O)CC(F)C2)cc1)c1cccc(Cl)c1. The highest BCUT2D eigenvalue weighted by Crippen LogP contribution is 2.46. The third-order valence-corrected chi connectivity index (χ3v) is 4.57. The highest BCUT2D eigenvalue weighted by Gasteiger charge is 2.52. The zero-order valence-electron chi connectivity index (χ0n) is 17.3. The molecule has 1 saturated carbocycles. The van der Waals surface area contributed by atoms with Gasteiger partial charge in [0.25, 0.3) is 5.91 Å². The molecule has 0 heterocycles. The Morgan fingerprint density at radius 1 is 1.14 bits per heavy atom. The number of anilines is 1. The van der Waals surface area contributed by atoms with Gasteiger partial charge in [0.15, 0.2) is 0 Å². The average molecular weight is 422 g/mol. The average Bonchev–Trinajstić information content (AvgIpc) is 2.68. The molecule has 1 fully saturated rings. The number of carbonyl (C=O) groups is 2. The van der Waals surface area contributed by atoms with Crippen molar-refractivity contribution < 1.29 is 19.1 Å². The summed E-state index contributed by atoms with van der Waals surface area (Å²) in [6, 6.07) is 13.0. The van der Waals surface area contributed by atoms with Crippen molar-refractivity contribution in [2.24, 2.45) is 0 Å². The van der Waals surface area contributed by atoms with Gasteiger partial charge in [0.05, 0.1) is 5.41 Å². The van der Waals surface area contributed by atoms with E-state index in [0.29, 0.717) is 21.8 Å². The van der Waals surface area contributed by atoms with Crippen molar-refractivity contribution >= 4 is 29.2 Å². The first-order valence-electron chi connectivity index (χ1n) is 9.87. The monoisotopic (exact) mass is 421 g/mol. The number of rotatable bonds is 4. The second kappa shape index (κ2) is 11.6. The Balaban J connectivity index is 0.000000771. The zero-order valence-corrected chi connectivity index (χ0v) is 18.1. The Labute approximate surface area is 177 Å². The second-order valence-electron chi connectivity index (χ2n) is 6.64. The molecule has 0 bridgehead atoms. The highest BCUT2D eigenvalue weighted by molar-refractivity contribution is 6.31. The van der Waals surface area contributed by atoms with E-state index in [2.05, 4.69) is 19.2 Å². The van der Waals surface area contributed by atoms with Crippen molar-refractivity contribution in [2.75, 3.05) is 5.32 Å². The van der Waals surface area contributed by atoms with Crippen LogP contribution in [0.3, 0.4) is 0 Å². The van der Waals surface area contributed by atoms with E-state index in [1.807, 2.05) is 13.8 Å². The second-order valence-corrected chi connectivity index (χ2v) is 7.08. The fourth-order valence-corrected chi connectivity index (χ4v) is 3.13. The summed E-state index contributed by atoms with van der Waals surface area (Å²) in [5, 5.41) is 12.6. The van der Waals surface area contributed by atoms with Gasteiger partial charge in [0, 0.05) is 16.3 Å². The predicted octanol–water partition coefficient (Wildman–Crippen LogP) is 6.49. The molecule has 2 aromatic carbocycles. The van der Waals surface area contributed by atoms with Gasteiger partial charge in [-0.3, -0.25) is 9.59 Å². The van der Waals surface area contributed by atoms with Crippen LogP contribution in [-0.4, -0.2) is 23.2 Å². The molecular weight excluding hydrogens is 393 g/mol. The molecule has 1 amide bonds. The van der Waals surface area contributed by atoms with E-state index in [0.717, 1.165) is 0 Å². The van der Waals surface area contributed by atoms with E-state index in [4.69, 9.17) is 11.6 Å². The van der Waals surface area contributed by atoms with Crippen molar-refractivity contribution in [1.82, 2.24) is 0 Å². The first-order chi connectivity index (χ1) is 13.8. The molecule has 0 radical (unpaired) electrons. The van der Waals surface area contributed by atoms with Crippen molar-refractivity contribution in [3.63, 3.8) is 0 Å². The molecule has 0 spiro atoms. The number of carboxylic acid groups (broad SMARTS) is 1. The van der Waals surface area contributed by atoms with E-state index in [9.17, 15) is 19.1 Å². The number of benzene rings is 2. The summed E-state index contributed by atoms with van der Waals surface area (Å²) in [5.74, 6) is -1.34. The molecule has 0 unspecified atom stereocenters. The van der Waals surface area contributed by atoms with E-state index < -0.39 is 17.6 Å². The normalized spacial score (nSPS) is 19.4. The van der Waals surface area contributed by atoms with Crippen LogP contribution in [0.15, 0.2) is 48.5 Å². The summed E-state index contributed by atoms with van der Waals surface area (Å²) in [6.07, 6.45) is 0.135. The van der Waals surface area contributed by atoms with Crippen LogP contribution in [0.5, 0.6) is 0 Å². The van der Waals surface area contributed by atoms with Gasteiger partial charge in [0.1, 0.15) is 6.17 Å². The minimum absolute atomic E-state index is 0.0173. The molecule has 1 aliphatic rings. The molecule has 2 aromatic rings. The summed E-state index contributed by atoms with van der Waals surface area (Å²) in [5.41, 5.74) is 0.340. The fourth-order valence-electron chi connectivity index (χ4n) is 2.94. The van der Waals surface area contributed by atoms with E-state index in [1.165, 1.54) is 6.42 Å². The van der Waals surface area contributed by atoms with E-state index in [-0.39, 0.29) is 18.7 Å². The number of hydrogen-bond acceptors (Lipinski definition) is 2. The van der Waals surface area contributed by atoms with Crippen molar-refractivity contribution in [3.8, 4) is 0 Å². The molecule has 0 saturated heterocycles. The summed E-state index contributed by atoms with van der Waals surface area (Å²) in [7, 11) is 0. The topological polar surface area (TPSA) is 66.4 Å². The minimum Gasteiger partial charge on any atom is -0.481 e. The Morgan fingerprint density at radius 3 is 2.14 bits per heavy atom. The molecule has 158 valence electrons. The van der Waals surface area contributed by atoms with Gasteiger partial charge < -0.3 is 10.4 Å². The molecule has 0 aliphatic heterocycles. The van der Waals surface area contributed by atoms with E-state index >= 15 is 0 Å². The highest BCUT2D eigenvalue weighted by atomic mass is 35.5. The molecule has 1 aliphatic carbocycles. The lowest BCUT2D eigenvalue weighted by atomic mass is 9.63. The van der Waals surface area contributed by atoms with Gasteiger partial charge in [-0.1, -0.05) is 63.9 Å². The molecule has 0 atom stereocenters. The van der Waals surface area contributed by atoms with Crippen molar-refractivity contribution in [1.29, 1.82) is 0 Å². The van der Waals surface area contributed by atoms with Crippen LogP contribution in [-0.2, 0) is 10.2 Å². The lowest BCUT2D eigenvalue weighted by Crippen LogP contribution is -2.48. The van der Waals surface area contributed by atoms with Crippen molar-refractivity contribution in [2.45, 2.75) is 58.5 Å². The van der Waals surface area contributed by atoms with Crippen molar-refractivity contribution in [3.05, 3.63) is 64.7 Å². The predicted molar refractivity (Wildman–Crippen MR) is 117 cm³/mol.